The first-order valence-electron chi connectivity index (χ1n) is 6.49. The van der Waals surface area contributed by atoms with Crippen molar-refractivity contribution in [2.45, 2.75) is 12.8 Å². The summed E-state index contributed by atoms with van der Waals surface area (Å²) in [5.74, 6) is -1.03. The predicted molar refractivity (Wildman–Crippen MR) is 85.6 cm³/mol. The van der Waals surface area contributed by atoms with E-state index in [1.165, 1.54) is 24.3 Å². The van der Waals surface area contributed by atoms with Gasteiger partial charge in [-0.1, -0.05) is 11.3 Å². The maximum Gasteiger partial charge on any atom is 0.293 e. The van der Waals surface area contributed by atoms with Gasteiger partial charge < -0.3 is 0 Å². The minimum atomic E-state index is -0.762. The minimum Gasteiger partial charge on any atom is -0.294 e. The lowest BCUT2D eigenvalue weighted by atomic mass is 10.2. The van der Waals surface area contributed by atoms with Crippen LogP contribution in [0.1, 0.15) is 12.8 Å². The molecule has 0 bridgehead atoms. The van der Waals surface area contributed by atoms with Crippen LogP contribution in [0.4, 0.5) is 10.8 Å². The highest BCUT2D eigenvalue weighted by molar-refractivity contribution is 7.18. The molecule has 0 saturated carbocycles. The zero-order chi connectivity index (χ0) is 16.8. The van der Waals surface area contributed by atoms with Gasteiger partial charge in [-0.25, -0.2) is 0 Å². The molecule has 0 radical (unpaired) electrons. The maximum absolute atomic E-state index is 11.6. The quantitative estimate of drug-likeness (QED) is 0.353. The second kappa shape index (κ2) is 7.75. The van der Waals surface area contributed by atoms with E-state index in [4.69, 9.17) is 11.6 Å². The number of halogens is 1. The van der Waals surface area contributed by atoms with Crippen LogP contribution in [-0.4, -0.2) is 32.7 Å². The maximum atomic E-state index is 11.6. The van der Waals surface area contributed by atoms with Crippen LogP contribution in [0, 0.1) is 10.1 Å². The number of rotatable bonds is 7. The average molecular weight is 355 g/mol. The van der Waals surface area contributed by atoms with Crippen LogP contribution in [0.15, 0.2) is 24.3 Å². The van der Waals surface area contributed by atoms with Gasteiger partial charge in [0.2, 0.25) is 10.9 Å². The van der Waals surface area contributed by atoms with Crippen LogP contribution in [0.25, 0.3) is 10.6 Å². The molecule has 23 heavy (non-hydrogen) atoms. The second-order valence-corrected chi connectivity index (χ2v) is 5.74. The standard InChI is InChI=1S/C13H11ClN4O4S/c14-7-1-2-10(19)11(20)15-13-17-16-12(23-13)8-3-5-9(6-4-8)18(21)22/h3-6H,1-2,7H2,(H,15,17,20). The molecule has 1 amide bonds. The summed E-state index contributed by atoms with van der Waals surface area (Å²) >= 11 is 6.53. The Morgan fingerprint density at radius 1 is 1.26 bits per heavy atom. The van der Waals surface area contributed by atoms with Crippen LogP contribution < -0.4 is 5.32 Å². The van der Waals surface area contributed by atoms with Gasteiger partial charge in [0.15, 0.2) is 0 Å². The number of benzene rings is 1. The Morgan fingerprint density at radius 3 is 2.57 bits per heavy atom. The van der Waals surface area contributed by atoms with Crippen LogP contribution >= 0.6 is 22.9 Å². The molecule has 2 rings (SSSR count). The Balaban J connectivity index is 2.04. The van der Waals surface area contributed by atoms with Crippen molar-refractivity contribution >= 4 is 45.4 Å². The highest BCUT2D eigenvalue weighted by Crippen LogP contribution is 2.27. The zero-order valence-electron chi connectivity index (χ0n) is 11.7. The zero-order valence-corrected chi connectivity index (χ0v) is 13.3. The molecular weight excluding hydrogens is 344 g/mol. The molecule has 0 unspecified atom stereocenters. The number of nitro groups is 1. The Morgan fingerprint density at radius 2 is 1.96 bits per heavy atom. The molecule has 0 saturated heterocycles. The van der Waals surface area contributed by atoms with Crippen molar-refractivity contribution in [1.29, 1.82) is 0 Å². The Hall–Kier alpha value is -2.39. The van der Waals surface area contributed by atoms with Crippen LogP contribution in [-0.2, 0) is 9.59 Å². The van der Waals surface area contributed by atoms with E-state index in [1.807, 2.05) is 0 Å². The fourth-order valence-electron chi connectivity index (χ4n) is 1.62. The largest absolute Gasteiger partial charge is 0.294 e. The molecule has 1 aromatic heterocycles. The molecule has 0 aliphatic heterocycles. The Bertz CT molecular complexity index is 732. The highest BCUT2D eigenvalue weighted by Gasteiger charge is 2.16. The van der Waals surface area contributed by atoms with Crippen LogP contribution in [0.2, 0.25) is 0 Å². The van der Waals surface area contributed by atoms with Gasteiger partial charge in [-0.15, -0.1) is 21.8 Å². The third-order valence-electron chi connectivity index (χ3n) is 2.76. The van der Waals surface area contributed by atoms with Crippen molar-refractivity contribution in [1.82, 2.24) is 10.2 Å². The minimum absolute atomic E-state index is 0.0309. The molecule has 0 atom stereocenters. The monoisotopic (exact) mass is 354 g/mol. The molecule has 0 fully saturated rings. The average Bonchev–Trinajstić information content (AvgIpc) is 3.01. The molecule has 0 aliphatic rings. The number of ketones is 1. The number of anilines is 1. The summed E-state index contributed by atoms with van der Waals surface area (Å²) in [6.45, 7) is 0. The smallest absolute Gasteiger partial charge is 0.293 e. The predicted octanol–water partition coefficient (Wildman–Crippen LogP) is 2.64. The molecule has 1 N–H and O–H groups in total. The van der Waals surface area contributed by atoms with Gasteiger partial charge in [0.25, 0.3) is 11.6 Å². The fourth-order valence-corrected chi connectivity index (χ4v) is 2.50. The topological polar surface area (TPSA) is 115 Å². The summed E-state index contributed by atoms with van der Waals surface area (Å²) in [7, 11) is 0. The van der Waals surface area contributed by atoms with Gasteiger partial charge in [0.1, 0.15) is 5.01 Å². The third kappa shape index (κ3) is 4.54. The molecule has 10 heteroatoms. The number of nitro benzene ring substituents is 1. The molecule has 0 aliphatic carbocycles. The van der Waals surface area contributed by atoms with Crippen molar-refractivity contribution in [3.05, 3.63) is 34.4 Å². The van der Waals surface area contributed by atoms with Gasteiger partial charge in [0.05, 0.1) is 4.92 Å². The lowest BCUT2D eigenvalue weighted by Crippen LogP contribution is -2.22. The molecule has 1 heterocycles. The lowest BCUT2D eigenvalue weighted by molar-refractivity contribution is -0.384. The van der Waals surface area contributed by atoms with E-state index in [-0.39, 0.29) is 17.2 Å². The van der Waals surface area contributed by atoms with Gasteiger partial charge in [-0.2, -0.15) is 0 Å². The number of carbonyl (C=O) groups excluding carboxylic acids is 2. The number of nitrogens with zero attached hydrogens (tertiary/aromatic N) is 3. The second-order valence-electron chi connectivity index (χ2n) is 4.39. The van der Waals surface area contributed by atoms with Gasteiger partial charge in [-0.3, -0.25) is 25.0 Å². The Labute approximate surface area is 139 Å². The van der Waals surface area contributed by atoms with E-state index in [2.05, 4.69) is 15.5 Å². The van der Waals surface area contributed by atoms with Gasteiger partial charge >= 0.3 is 0 Å². The fraction of sp³-hybridized carbons (Fsp3) is 0.231. The SMILES string of the molecule is O=C(CCCCl)C(=O)Nc1nnc(-c2ccc([N+](=O)[O-])cc2)s1. The van der Waals surface area contributed by atoms with E-state index in [1.54, 1.807) is 0 Å². The van der Waals surface area contributed by atoms with E-state index < -0.39 is 16.6 Å². The van der Waals surface area contributed by atoms with Gasteiger partial charge in [-0.05, 0) is 18.6 Å². The number of carbonyl (C=O) groups is 2. The summed E-state index contributed by atoms with van der Waals surface area (Å²) in [5, 5.41) is 21.3. The summed E-state index contributed by atoms with van der Waals surface area (Å²) in [6.07, 6.45) is 0.501. The van der Waals surface area contributed by atoms with Crippen molar-refractivity contribution in [2.75, 3.05) is 11.2 Å². The third-order valence-corrected chi connectivity index (χ3v) is 3.92. The number of aromatic nitrogens is 2. The van der Waals surface area contributed by atoms with E-state index >= 15 is 0 Å². The number of Topliss-reactive ketones (excluding diaryl/α,β-unsaturated/α-hetero) is 1. The first-order chi connectivity index (χ1) is 11.0. The summed E-state index contributed by atoms with van der Waals surface area (Å²) in [5.41, 5.74) is 0.596. The highest BCUT2D eigenvalue weighted by atomic mass is 35.5. The number of nitrogens with one attached hydrogen (secondary N) is 1. The van der Waals surface area contributed by atoms with E-state index in [9.17, 15) is 19.7 Å². The van der Waals surface area contributed by atoms with Crippen molar-refractivity contribution in [2.24, 2.45) is 0 Å². The van der Waals surface area contributed by atoms with Crippen molar-refractivity contribution < 1.29 is 14.5 Å². The summed E-state index contributed by atoms with van der Waals surface area (Å²) < 4.78 is 0. The Kier molecular flexibility index (Phi) is 5.72. The molecular formula is C13H11ClN4O4S. The first kappa shape index (κ1) is 17.0. The number of non-ortho nitro benzene ring substituents is 1. The van der Waals surface area contributed by atoms with Gasteiger partial charge in [0, 0.05) is 30.0 Å². The number of amides is 1. The summed E-state index contributed by atoms with van der Waals surface area (Å²) in [4.78, 5) is 33.3. The molecule has 1 aromatic carbocycles. The van der Waals surface area contributed by atoms with Crippen molar-refractivity contribution in [3.8, 4) is 10.6 Å². The number of hydrogen-bond acceptors (Lipinski definition) is 7. The van der Waals surface area contributed by atoms with E-state index in [0.717, 1.165) is 11.3 Å². The molecule has 8 nitrogen and oxygen atoms in total. The normalized spacial score (nSPS) is 10.3. The van der Waals surface area contributed by atoms with Crippen LogP contribution in [0.5, 0.6) is 0 Å². The van der Waals surface area contributed by atoms with E-state index in [0.29, 0.717) is 22.9 Å². The lowest BCUT2D eigenvalue weighted by Gasteiger charge is -1.98. The molecule has 0 spiro atoms. The molecule has 2 aromatic rings. The first-order valence-corrected chi connectivity index (χ1v) is 7.85. The summed E-state index contributed by atoms with van der Waals surface area (Å²) in [6, 6.07) is 5.78. The number of alkyl halides is 1. The number of hydrogen-bond donors (Lipinski definition) is 1. The van der Waals surface area contributed by atoms with Crippen LogP contribution in [0.3, 0.4) is 0 Å². The molecule has 120 valence electrons. The van der Waals surface area contributed by atoms with Crippen molar-refractivity contribution in [3.63, 3.8) is 0 Å².